The van der Waals surface area contributed by atoms with E-state index in [2.05, 4.69) is 24.4 Å². The SMILES string of the molecule is CC1NC(=O)CC12COCc1ccccc12. The Kier molecular flexibility index (Phi) is 2.04. The highest BCUT2D eigenvalue weighted by atomic mass is 16.5. The zero-order valence-electron chi connectivity index (χ0n) is 9.32. The lowest BCUT2D eigenvalue weighted by molar-refractivity contribution is -0.119. The summed E-state index contributed by atoms with van der Waals surface area (Å²) in [5.74, 6) is 0.132. The molecule has 1 amide bonds. The van der Waals surface area contributed by atoms with Crippen molar-refractivity contribution < 1.29 is 9.53 Å². The summed E-state index contributed by atoms with van der Waals surface area (Å²) in [6, 6.07) is 8.44. The summed E-state index contributed by atoms with van der Waals surface area (Å²) < 4.78 is 5.66. The van der Waals surface area contributed by atoms with Crippen LogP contribution in [0.1, 0.15) is 24.5 Å². The Bertz CT molecular complexity index is 443. The molecule has 3 heteroatoms. The van der Waals surface area contributed by atoms with Crippen molar-refractivity contribution in [3.63, 3.8) is 0 Å². The molecule has 2 atom stereocenters. The quantitative estimate of drug-likeness (QED) is 0.712. The lowest BCUT2D eigenvalue weighted by Crippen LogP contribution is -2.44. The van der Waals surface area contributed by atoms with Crippen LogP contribution in [0, 0.1) is 0 Å². The molecule has 2 unspecified atom stereocenters. The summed E-state index contributed by atoms with van der Waals surface area (Å²) in [5.41, 5.74) is 2.36. The van der Waals surface area contributed by atoms with Crippen molar-refractivity contribution in [1.29, 1.82) is 0 Å². The lowest BCUT2D eigenvalue weighted by Gasteiger charge is -2.37. The molecule has 0 radical (unpaired) electrons. The zero-order chi connectivity index (χ0) is 11.2. The highest BCUT2D eigenvalue weighted by Crippen LogP contribution is 2.41. The number of amides is 1. The lowest BCUT2D eigenvalue weighted by atomic mass is 9.72. The maximum Gasteiger partial charge on any atom is 0.221 e. The van der Waals surface area contributed by atoms with Crippen LogP contribution in [-0.2, 0) is 21.6 Å². The molecule has 2 aliphatic rings. The van der Waals surface area contributed by atoms with Crippen LogP contribution in [0.3, 0.4) is 0 Å². The summed E-state index contributed by atoms with van der Waals surface area (Å²) in [5, 5.41) is 3.00. The second kappa shape index (κ2) is 3.32. The van der Waals surface area contributed by atoms with E-state index in [-0.39, 0.29) is 17.4 Å². The predicted octanol–water partition coefficient (Wildman–Crippen LogP) is 1.36. The van der Waals surface area contributed by atoms with E-state index < -0.39 is 0 Å². The van der Waals surface area contributed by atoms with Crippen LogP contribution in [0.15, 0.2) is 24.3 Å². The number of fused-ring (bicyclic) bond motifs is 2. The number of carbonyl (C=O) groups is 1. The maximum absolute atomic E-state index is 11.6. The number of rotatable bonds is 0. The summed E-state index contributed by atoms with van der Waals surface area (Å²) in [4.78, 5) is 11.6. The van der Waals surface area contributed by atoms with Crippen molar-refractivity contribution >= 4 is 5.91 Å². The van der Waals surface area contributed by atoms with Crippen LogP contribution < -0.4 is 5.32 Å². The highest BCUT2D eigenvalue weighted by Gasteiger charge is 2.48. The minimum absolute atomic E-state index is 0.132. The Morgan fingerprint density at radius 1 is 1.44 bits per heavy atom. The van der Waals surface area contributed by atoms with Crippen molar-refractivity contribution in [3.05, 3.63) is 35.4 Å². The normalized spacial score (nSPS) is 32.6. The van der Waals surface area contributed by atoms with E-state index in [0.29, 0.717) is 19.6 Å². The molecular formula is C13H15NO2. The summed E-state index contributed by atoms with van der Waals surface area (Å²) in [6.45, 7) is 3.37. The van der Waals surface area contributed by atoms with Gasteiger partial charge in [0, 0.05) is 17.9 Å². The molecule has 0 aromatic heterocycles. The van der Waals surface area contributed by atoms with Gasteiger partial charge < -0.3 is 10.1 Å². The number of hydrogen-bond donors (Lipinski definition) is 1. The van der Waals surface area contributed by atoms with E-state index in [1.54, 1.807) is 0 Å². The first-order chi connectivity index (χ1) is 7.72. The molecule has 1 N–H and O–H groups in total. The zero-order valence-corrected chi connectivity index (χ0v) is 9.32. The molecule has 0 saturated carbocycles. The topological polar surface area (TPSA) is 38.3 Å². The van der Waals surface area contributed by atoms with E-state index in [1.165, 1.54) is 11.1 Å². The first kappa shape index (κ1) is 9.85. The third-order valence-electron chi connectivity index (χ3n) is 3.85. The van der Waals surface area contributed by atoms with E-state index >= 15 is 0 Å². The monoisotopic (exact) mass is 217 g/mol. The van der Waals surface area contributed by atoms with E-state index in [4.69, 9.17) is 4.74 Å². The molecule has 1 saturated heterocycles. The number of benzene rings is 1. The van der Waals surface area contributed by atoms with Crippen LogP contribution in [0.4, 0.5) is 0 Å². The van der Waals surface area contributed by atoms with Crippen molar-refractivity contribution in [3.8, 4) is 0 Å². The molecular weight excluding hydrogens is 202 g/mol. The van der Waals surface area contributed by atoms with E-state index in [0.717, 1.165) is 0 Å². The van der Waals surface area contributed by atoms with Crippen molar-refractivity contribution in [2.75, 3.05) is 6.61 Å². The van der Waals surface area contributed by atoms with Gasteiger partial charge in [0.15, 0.2) is 0 Å². The highest BCUT2D eigenvalue weighted by molar-refractivity contribution is 5.81. The largest absolute Gasteiger partial charge is 0.376 e. The van der Waals surface area contributed by atoms with Gasteiger partial charge in [-0.25, -0.2) is 0 Å². The molecule has 16 heavy (non-hydrogen) atoms. The fraction of sp³-hybridized carbons (Fsp3) is 0.462. The summed E-state index contributed by atoms with van der Waals surface area (Å²) >= 11 is 0. The van der Waals surface area contributed by atoms with E-state index in [9.17, 15) is 4.79 Å². The van der Waals surface area contributed by atoms with E-state index in [1.807, 2.05) is 12.1 Å². The molecule has 0 aliphatic carbocycles. The molecule has 1 aromatic rings. The molecule has 1 spiro atoms. The first-order valence-corrected chi connectivity index (χ1v) is 5.68. The van der Waals surface area contributed by atoms with Crippen LogP contribution >= 0.6 is 0 Å². The fourth-order valence-electron chi connectivity index (χ4n) is 2.93. The maximum atomic E-state index is 11.6. The second-order valence-electron chi connectivity index (χ2n) is 4.77. The van der Waals surface area contributed by atoms with Gasteiger partial charge >= 0.3 is 0 Å². The average molecular weight is 217 g/mol. The van der Waals surface area contributed by atoms with Gasteiger partial charge in [0.1, 0.15) is 0 Å². The number of hydrogen-bond acceptors (Lipinski definition) is 2. The standard InChI is InChI=1S/C13H15NO2/c1-9-13(6-12(15)14-9)8-16-7-10-4-2-3-5-11(10)13/h2-5,9H,6-8H2,1H3,(H,14,15). The Morgan fingerprint density at radius 2 is 2.25 bits per heavy atom. The molecule has 2 aliphatic heterocycles. The van der Waals surface area contributed by atoms with Gasteiger partial charge in [-0.15, -0.1) is 0 Å². The van der Waals surface area contributed by atoms with Crippen LogP contribution in [0.5, 0.6) is 0 Å². The minimum atomic E-state index is -0.147. The predicted molar refractivity (Wildman–Crippen MR) is 60.0 cm³/mol. The van der Waals surface area contributed by atoms with Crippen LogP contribution in [0.25, 0.3) is 0 Å². The van der Waals surface area contributed by atoms with Crippen LogP contribution in [-0.4, -0.2) is 18.6 Å². The smallest absolute Gasteiger partial charge is 0.221 e. The Balaban J connectivity index is 2.13. The molecule has 0 bridgehead atoms. The molecule has 1 aromatic carbocycles. The van der Waals surface area contributed by atoms with Gasteiger partial charge in [-0.05, 0) is 18.1 Å². The molecule has 2 heterocycles. The van der Waals surface area contributed by atoms with Gasteiger partial charge in [0.2, 0.25) is 5.91 Å². The minimum Gasteiger partial charge on any atom is -0.376 e. The van der Waals surface area contributed by atoms with Gasteiger partial charge in [-0.2, -0.15) is 0 Å². The molecule has 3 rings (SSSR count). The van der Waals surface area contributed by atoms with Gasteiger partial charge in [0.25, 0.3) is 0 Å². The van der Waals surface area contributed by atoms with Crippen molar-refractivity contribution in [1.82, 2.24) is 5.32 Å². The van der Waals surface area contributed by atoms with Gasteiger partial charge in [0.05, 0.1) is 13.2 Å². The molecule has 3 nitrogen and oxygen atoms in total. The van der Waals surface area contributed by atoms with Crippen LogP contribution in [0.2, 0.25) is 0 Å². The third kappa shape index (κ3) is 1.21. The fourth-order valence-corrected chi connectivity index (χ4v) is 2.93. The Hall–Kier alpha value is -1.35. The summed E-state index contributed by atoms with van der Waals surface area (Å²) in [7, 11) is 0. The third-order valence-corrected chi connectivity index (χ3v) is 3.85. The van der Waals surface area contributed by atoms with Crippen molar-refractivity contribution in [2.24, 2.45) is 0 Å². The van der Waals surface area contributed by atoms with Gasteiger partial charge in [-0.3, -0.25) is 4.79 Å². The Morgan fingerprint density at radius 3 is 3.00 bits per heavy atom. The first-order valence-electron chi connectivity index (χ1n) is 5.68. The number of ether oxygens (including phenoxy) is 1. The number of carbonyl (C=O) groups excluding carboxylic acids is 1. The Labute approximate surface area is 94.8 Å². The summed E-state index contributed by atoms with van der Waals surface area (Å²) in [6.07, 6.45) is 0.547. The average Bonchev–Trinajstić information content (AvgIpc) is 2.55. The molecule has 84 valence electrons. The second-order valence-corrected chi connectivity index (χ2v) is 4.77. The number of nitrogens with one attached hydrogen (secondary N) is 1. The van der Waals surface area contributed by atoms with Gasteiger partial charge in [-0.1, -0.05) is 24.3 Å². The van der Waals surface area contributed by atoms with Crippen molar-refractivity contribution in [2.45, 2.75) is 31.4 Å². The molecule has 1 fully saturated rings.